The minimum atomic E-state index is -3.67. The highest BCUT2D eigenvalue weighted by Gasteiger charge is 2.30. The van der Waals surface area contributed by atoms with Crippen LogP contribution in [-0.4, -0.2) is 33.7 Å². The number of hydrogen-bond donors (Lipinski definition) is 1. The Balaban J connectivity index is 2.28. The Bertz CT molecular complexity index is 955. The molecule has 0 heterocycles. The van der Waals surface area contributed by atoms with Crippen LogP contribution < -0.4 is 14.4 Å². The number of anilines is 1. The maximum atomic E-state index is 13.0. The fourth-order valence-electron chi connectivity index (χ4n) is 3.23. The molecule has 2 aromatic rings. The molecule has 0 fully saturated rings. The van der Waals surface area contributed by atoms with Crippen molar-refractivity contribution >= 4 is 21.6 Å². The lowest BCUT2D eigenvalue weighted by Crippen LogP contribution is -2.48. The summed E-state index contributed by atoms with van der Waals surface area (Å²) in [6, 6.07) is 11.6. The van der Waals surface area contributed by atoms with Gasteiger partial charge in [0.2, 0.25) is 15.9 Å². The molecule has 0 aromatic heterocycles. The molecular weight excluding hydrogens is 388 g/mol. The first kappa shape index (κ1) is 22.7. The molecule has 0 bridgehead atoms. The van der Waals surface area contributed by atoms with Crippen molar-refractivity contribution < 1.29 is 17.9 Å². The molecule has 0 saturated heterocycles. The van der Waals surface area contributed by atoms with Crippen LogP contribution in [0.3, 0.4) is 0 Å². The van der Waals surface area contributed by atoms with Gasteiger partial charge in [0.05, 0.1) is 25.1 Å². The van der Waals surface area contributed by atoms with Crippen molar-refractivity contribution in [3.8, 4) is 5.75 Å². The van der Waals surface area contributed by atoms with E-state index in [4.69, 9.17) is 4.74 Å². The van der Waals surface area contributed by atoms with Gasteiger partial charge in [0.25, 0.3) is 0 Å². The van der Waals surface area contributed by atoms with E-state index in [-0.39, 0.29) is 11.9 Å². The van der Waals surface area contributed by atoms with Crippen LogP contribution in [0.15, 0.2) is 42.5 Å². The molecule has 0 aliphatic rings. The first-order chi connectivity index (χ1) is 13.6. The van der Waals surface area contributed by atoms with Crippen LogP contribution in [0.4, 0.5) is 5.69 Å². The Kier molecular flexibility index (Phi) is 7.30. The molecule has 0 spiro atoms. The van der Waals surface area contributed by atoms with Gasteiger partial charge in [-0.05, 0) is 68.1 Å². The van der Waals surface area contributed by atoms with E-state index in [1.807, 2.05) is 32.9 Å². The molecule has 2 atom stereocenters. The zero-order chi connectivity index (χ0) is 21.8. The van der Waals surface area contributed by atoms with Crippen molar-refractivity contribution in [2.24, 2.45) is 0 Å². The van der Waals surface area contributed by atoms with Crippen molar-refractivity contribution in [1.29, 1.82) is 0 Å². The molecular formula is C22H30N2O4S. The maximum Gasteiger partial charge on any atom is 0.244 e. The summed E-state index contributed by atoms with van der Waals surface area (Å²) in [4.78, 5) is 13.0. The van der Waals surface area contributed by atoms with Gasteiger partial charge in [0, 0.05) is 0 Å². The standard InChI is InChI=1S/C22H30N2O4S/c1-7-21(18-9-8-15(2)16(3)14-18)23-22(25)17(4)24(29(6,26)27)19-10-12-20(28-5)13-11-19/h8-14,17,21H,7H2,1-6H3,(H,23,25)/t17-,21-/m0/s1. The number of rotatable bonds is 8. The predicted molar refractivity (Wildman–Crippen MR) is 117 cm³/mol. The largest absolute Gasteiger partial charge is 0.497 e. The van der Waals surface area contributed by atoms with Gasteiger partial charge in [-0.25, -0.2) is 8.42 Å². The normalized spacial score (nSPS) is 13.4. The molecule has 2 rings (SSSR count). The average molecular weight is 419 g/mol. The van der Waals surface area contributed by atoms with Crippen LogP contribution in [0.25, 0.3) is 0 Å². The number of carbonyl (C=O) groups is 1. The molecule has 1 amide bonds. The molecule has 158 valence electrons. The Labute approximate surface area is 173 Å². The Morgan fingerprint density at radius 2 is 1.72 bits per heavy atom. The number of ether oxygens (including phenoxy) is 1. The molecule has 1 N–H and O–H groups in total. The van der Waals surface area contributed by atoms with Crippen molar-refractivity contribution in [3.63, 3.8) is 0 Å². The molecule has 0 aliphatic carbocycles. The fraction of sp³-hybridized carbons (Fsp3) is 0.409. The van der Waals surface area contributed by atoms with Gasteiger partial charge in [-0.15, -0.1) is 0 Å². The van der Waals surface area contributed by atoms with Crippen LogP contribution in [0.2, 0.25) is 0 Å². The van der Waals surface area contributed by atoms with Crippen LogP contribution in [0, 0.1) is 13.8 Å². The van der Waals surface area contributed by atoms with E-state index in [0.29, 0.717) is 17.9 Å². The number of carbonyl (C=O) groups excluding carboxylic acids is 1. The first-order valence-electron chi connectivity index (χ1n) is 9.59. The van der Waals surface area contributed by atoms with E-state index in [2.05, 4.69) is 11.4 Å². The summed E-state index contributed by atoms with van der Waals surface area (Å²) in [5, 5.41) is 3.00. The van der Waals surface area contributed by atoms with Crippen LogP contribution in [0.5, 0.6) is 5.75 Å². The van der Waals surface area contributed by atoms with Gasteiger partial charge in [-0.1, -0.05) is 25.1 Å². The van der Waals surface area contributed by atoms with Gasteiger partial charge < -0.3 is 10.1 Å². The number of amides is 1. The lowest BCUT2D eigenvalue weighted by molar-refractivity contribution is -0.122. The van der Waals surface area contributed by atoms with E-state index in [0.717, 1.165) is 21.7 Å². The van der Waals surface area contributed by atoms with Gasteiger partial charge in [0.15, 0.2) is 0 Å². The number of sulfonamides is 1. The van der Waals surface area contributed by atoms with E-state index in [1.165, 1.54) is 12.7 Å². The SMILES string of the molecule is CC[C@H](NC(=O)[C@H](C)N(c1ccc(OC)cc1)S(C)(=O)=O)c1ccc(C)c(C)c1. The summed E-state index contributed by atoms with van der Waals surface area (Å²) >= 11 is 0. The highest BCUT2D eigenvalue weighted by atomic mass is 32.2. The topological polar surface area (TPSA) is 75.7 Å². The molecule has 6 nitrogen and oxygen atoms in total. The quantitative estimate of drug-likeness (QED) is 0.709. The summed E-state index contributed by atoms with van der Waals surface area (Å²) < 4.78 is 31.2. The summed E-state index contributed by atoms with van der Waals surface area (Å²) in [5.41, 5.74) is 3.76. The fourth-order valence-corrected chi connectivity index (χ4v) is 4.41. The average Bonchev–Trinajstić information content (AvgIpc) is 2.67. The molecule has 0 radical (unpaired) electrons. The van der Waals surface area contributed by atoms with Gasteiger partial charge in [0.1, 0.15) is 11.8 Å². The highest BCUT2D eigenvalue weighted by molar-refractivity contribution is 7.92. The Morgan fingerprint density at radius 1 is 1.10 bits per heavy atom. The van der Waals surface area contributed by atoms with Crippen molar-refractivity contribution in [2.45, 2.75) is 46.2 Å². The van der Waals surface area contributed by atoms with Crippen molar-refractivity contribution in [2.75, 3.05) is 17.7 Å². The number of nitrogens with one attached hydrogen (secondary N) is 1. The van der Waals surface area contributed by atoms with Crippen LogP contribution in [0.1, 0.15) is 43.0 Å². The van der Waals surface area contributed by atoms with E-state index in [1.54, 1.807) is 31.2 Å². The van der Waals surface area contributed by atoms with Crippen molar-refractivity contribution in [3.05, 3.63) is 59.2 Å². The van der Waals surface area contributed by atoms with Crippen LogP contribution in [-0.2, 0) is 14.8 Å². The Hall–Kier alpha value is -2.54. The summed E-state index contributed by atoms with van der Waals surface area (Å²) in [6.45, 7) is 7.65. The second-order valence-corrected chi connectivity index (χ2v) is 9.11. The lowest BCUT2D eigenvalue weighted by Gasteiger charge is -2.30. The third kappa shape index (κ3) is 5.50. The predicted octanol–water partition coefficient (Wildman–Crippen LogP) is 3.73. The van der Waals surface area contributed by atoms with Crippen LogP contribution >= 0.6 is 0 Å². The molecule has 0 saturated carbocycles. The number of hydrogen-bond acceptors (Lipinski definition) is 4. The van der Waals surface area contributed by atoms with Gasteiger partial charge >= 0.3 is 0 Å². The summed E-state index contributed by atoms with van der Waals surface area (Å²) in [5.74, 6) is 0.261. The van der Waals surface area contributed by atoms with E-state index >= 15 is 0 Å². The van der Waals surface area contributed by atoms with Gasteiger partial charge in [-0.2, -0.15) is 0 Å². The zero-order valence-electron chi connectivity index (χ0n) is 17.9. The van der Waals surface area contributed by atoms with E-state index < -0.39 is 16.1 Å². The lowest BCUT2D eigenvalue weighted by atomic mass is 9.99. The molecule has 0 aliphatic heterocycles. The van der Waals surface area contributed by atoms with Crippen molar-refractivity contribution in [1.82, 2.24) is 5.32 Å². The molecule has 29 heavy (non-hydrogen) atoms. The number of aryl methyl sites for hydroxylation is 2. The number of methoxy groups -OCH3 is 1. The third-order valence-corrected chi connectivity index (χ3v) is 6.32. The monoisotopic (exact) mass is 418 g/mol. The number of nitrogens with zero attached hydrogens (tertiary/aromatic N) is 1. The van der Waals surface area contributed by atoms with E-state index in [9.17, 15) is 13.2 Å². The Morgan fingerprint density at radius 3 is 2.21 bits per heavy atom. The molecule has 7 heteroatoms. The summed E-state index contributed by atoms with van der Waals surface area (Å²) in [7, 11) is -2.13. The zero-order valence-corrected chi connectivity index (χ0v) is 18.7. The first-order valence-corrected chi connectivity index (χ1v) is 11.4. The highest BCUT2D eigenvalue weighted by Crippen LogP contribution is 2.25. The summed E-state index contributed by atoms with van der Waals surface area (Å²) in [6.07, 6.45) is 1.80. The van der Waals surface area contributed by atoms with Gasteiger partial charge in [-0.3, -0.25) is 9.10 Å². The molecule has 2 aromatic carbocycles. The second-order valence-electron chi connectivity index (χ2n) is 7.25. The minimum absolute atomic E-state index is 0.193. The second kappa shape index (κ2) is 9.31. The molecule has 0 unspecified atom stereocenters. The smallest absolute Gasteiger partial charge is 0.244 e. The number of benzene rings is 2. The third-order valence-electron chi connectivity index (χ3n) is 5.07. The minimum Gasteiger partial charge on any atom is -0.497 e. The maximum absolute atomic E-state index is 13.0.